The van der Waals surface area contributed by atoms with Crippen LogP contribution in [0.2, 0.25) is 0 Å². The van der Waals surface area contributed by atoms with Gasteiger partial charge in [-0.15, -0.1) is 0 Å². The van der Waals surface area contributed by atoms with E-state index in [0.29, 0.717) is 12.1 Å². The number of Topliss-reactive ketones (excluding diaryl/α,β-unsaturated/α-hetero) is 1. The van der Waals surface area contributed by atoms with Crippen molar-refractivity contribution in [1.29, 1.82) is 0 Å². The molecule has 78 valence electrons. The van der Waals surface area contributed by atoms with E-state index >= 15 is 0 Å². The van der Waals surface area contributed by atoms with Crippen molar-refractivity contribution in [3.8, 4) is 0 Å². The van der Waals surface area contributed by atoms with Crippen LogP contribution in [0.1, 0.15) is 32.6 Å². The van der Waals surface area contributed by atoms with Gasteiger partial charge in [-0.05, 0) is 25.7 Å². The first-order valence-corrected chi connectivity index (χ1v) is 4.81. The average molecular weight is 197 g/mol. The Morgan fingerprint density at radius 3 is 3.00 bits per heavy atom. The first-order chi connectivity index (χ1) is 6.65. The van der Waals surface area contributed by atoms with Gasteiger partial charge < -0.3 is 5.73 Å². The number of carbonyl (C=O) groups is 2. The van der Waals surface area contributed by atoms with E-state index in [2.05, 4.69) is 10.5 Å². The van der Waals surface area contributed by atoms with Crippen molar-refractivity contribution in [2.75, 3.05) is 0 Å². The lowest BCUT2D eigenvalue weighted by Gasteiger charge is -2.19. The molecule has 14 heavy (non-hydrogen) atoms. The van der Waals surface area contributed by atoms with E-state index in [9.17, 15) is 9.59 Å². The van der Waals surface area contributed by atoms with Crippen molar-refractivity contribution in [2.24, 2.45) is 16.8 Å². The Bertz CT molecular complexity index is 273. The second kappa shape index (κ2) is 4.74. The fourth-order valence-electron chi connectivity index (χ4n) is 1.63. The molecule has 0 aromatic heterocycles. The van der Waals surface area contributed by atoms with Gasteiger partial charge in [0, 0.05) is 5.92 Å². The van der Waals surface area contributed by atoms with Crippen LogP contribution in [0.15, 0.2) is 5.10 Å². The molecule has 0 aromatic rings. The first-order valence-electron chi connectivity index (χ1n) is 4.81. The molecule has 0 spiro atoms. The van der Waals surface area contributed by atoms with Gasteiger partial charge in [-0.3, -0.25) is 4.79 Å². The van der Waals surface area contributed by atoms with Crippen LogP contribution in [0.25, 0.3) is 0 Å². The van der Waals surface area contributed by atoms with Crippen LogP contribution in [-0.2, 0) is 4.79 Å². The van der Waals surface area contributed by atoms with Crippen LogP contribution in [0.3, 0.4) is 0 Å². The van der Waals surface area contributed by atoms with Crippen LogP contribution in [0, 0.1) is 5.92 Å². The molecule has 0 aliphatic heterocycles. The third kappa shape index (κ3) is 2.55. The Hall–Kier alpha value is -1.39. The van der Waals surface area contributed by atoms with Crippen molar-refractivity contribution in [2.45, 2.75) is 32.6 Å². The Morgan fingerprint density at radius 1 is 1.71 bits per heavy atom. The highest BCUT2D eigenvalue weighted by Crippen LogP contribution is 2.21. The fraction of sp³-hybridized carbons (Fsp3) is 0.667. The third-order valence-electron chi connectivity index (χ3n) is 2.42. The minimum Gasteiger partial charge on any atom is -0.350 e. The Kier molecular flexibility index (Phi) is 3.62. The predicted molar refractivity (Wildman–Crippen MR) is 52.8 cm³/mol. The second-order valence-corrected chi connectivity index (χ2v) is 3.40. The number of hydrazone groups is 1. The third-order valence-corrected chi connectivity index (χ3v) is 2.42. The molecule has 1 atom stereocenters. The number of hydrogen-bond acceptors (Lipinski definition) is 3. The number of rotatable bonds is 2. The van der Waals surface area contributed by atoms with Crippen molar-refractivity contribution < 1.29 is 9.59 Å². The van der Waals surface area contributed by atoms with Crippen LogP contribution in [0.4, 0.5) is 4.79 Å². The minimum absolute atomic E-state index is 0.0486. The summed E-state index contributed by atoms with van der Waals surface area (Å²) < 4.78 is 0. The fourth-order valence-corrected chi connectivity index (χ4v) is 1.63. The summed E-state index contributed by atoms with van der Waals surface area (Å²) >= 11 is 0. The molecule has 2 amide bonds. The Morgan fingerprint density at radius 2 is 2.43 bits per heavy atom. The molecule has 0 aromatic carbocycles. The molecule has 1 rings (SSSR count). The standard InChI is InChI=1S/C9H15N3O2/c1-2-6-4-3-5-7(8(6)13)11-12-9(10)14/h6H,2-5H2,1H3,(H3,10,12,14)/b11-7-. The molecule has 5 heteroatoms. The molecule has 0 saturated heterocycles. The number of nitrogens with two attached hydrogens (primary N) is 1. The SMILES string of the molecule is CCC1CCC/C(=N/NC(N)=O)C1=O. The maximum absolute atomic E-state index is 11.6. The average Bonchev–Trinajstić information content (AvgIpc) is 2.16. The van der Waals surface area contributed by atoms with Crippen LogP contribution in [0.5, 0.6) is 0 Å². The molecular weight excluding hydrogens is 182 g/mol. The molecule has 5 nitrogen and oxygen atoms in total. The molecule has 1 aliphatic carbocycles. The minimum atomic E-state index is -0.732. The van der Waals surface area contributed by atoms with Gasteiger partial charge in [0.05, 0.1) is 0 Å². The number of nitrogens with zero attached hydrogens (tertiary/aromatic N) is 1. The van der Waals surface area contributed by atoms with Gasteiger partial charge in [0.2, 0.25) is 0 Å². The lowest BCUT2D eigenvalue weighted by molar-refractivity contribution is -0.117. The van der Waals surface area contributed by atoms with Gasteiger partial charge in [-0.25, -0.2) is 10.2 Å². The topological polar surface area (TPSA) is 84.5 Å². The Balaban J connectivity index is 2.64. The van der Waals surface area contributed by atoms with Crippen LogP contribution in [-0.4, -0.2) is 17.5 Å². The number of carbonyl (C=O) groups excluding carboxylic acids is 2. The summed E-state index contributed by atoms with van der Waals surface area (Å²) in [5, 5.41) is 3.70. The number of ketones is 1. The number of hydrogen-bond donors (Lipinski definition) is 2. The van der Waals surface area contributed by atoms with Gasteiger partial charge >= 0.3 is 6.03 Å². The van der Waals surface area contributed by atoms with Gasteiger partial charge in [-0.2, -0.15) is 5.10 Å². The van der Waals surface area contributed by atoms with E-state index in [1.54, 1.807) is 0 Å². The molecule has 1 saturated carbocycles. The molecule has 1 unspecified atom stereocenters. The predicted octanol–water partition coefficient (Wildman–Crippen LogP) is 0.790. The molecular formula is C9H15N3O2. The highest BCUT2D eigenvalue weighted by atomic mass is 16.2. The molecule has 0 bridgehead atoms. The molecule has 1 fully saturated rings. The van der Waals surface area contributed by atoms with Gasteiger partial charge in [-0.1, -0.05) is 6.92 Å². The smallest absolute Gasteiger partial charge is 0.332 e. The summed E-state index contributed by atoms with van der Waals surface area (Å²) in [4.78, 5) is 22.0. The maximum atomic E-state index is 11.6. The molecule has 0 radical (unpaired) electrons. The number of nitrogens with one attached hydrogen (secondary N) is 1. The summed E-state index contributed by atoms with van der Waals surface area (Å²) in [5.41, 5.74) is 7.40. The summed E-state index contributed by atoms with van der Waals surface area (Å²) in [6.07, 6.45) is 3.33. The summed E-state index contributed by atoms with van der Waals surface area (Å²) in [5.74, 6) is 0.115. The van der Waals surface area contributed by atoms with Crippen LogP contribution < -0.4 is 11.2 Å². The maximum Gasteiger partial charge on any atom is 0.332 e. The summed E-state index contributed by atoms with van der Waals surface area (Å²) in [6.45, 7) is 1.98. The van der Waals surface area contributed by atoms with Crippen LogP contribution >= 0.6 is 0 Å². The normalized spacial score (nSPS) is 25.1. The highest BCUT2D eigenvalue weighted by Gasteiger charge is 2.26. The van der Waals surface area contributed by atoms with Crippen molar-refractivity contribution in [1.82, 2.24) is 5.43 Å². The largest absolute Gasteiger partial charge is 0.350 e. The lowest BCUT2D eigenvalue weighted by atomic mass is 9.85. The number of amides is 2. The summed E-state index contributed by atoms with van der Waals surface area (Å²) in [6, 6.07) is -0.732. The zero-order valence-corrected chi connectivity index (χ0v) is 8.25. The molecule has 1 aliphatic rings. The molecule has 0 heterocycles. The van der Waals surface area contributed by atoms with E-state index in [1.807, 2.05) is 6.92 Å². The second-order valence-electron chi connectivity index (χ2n) is 3.40. The van der Waals surface area contributed by atoms with E-state index in [1.165, 1.54) is 0 Å². The summed E-state index contributed by atoms with van der Waals surface area (Å²) in [7, 11) is 0. The van der Waals surface area contributed by atoms with E-state index in [0.717, 1.165) is 19.3 Å². The monoisotopic (exact) mass is 197 g/mol. The van der Waals surface area contributed by atoms with Crippen molar-refractivity contribution >= 4 is 17.5 Å². The lowest BCUT2D eigenvalue weighted by Crippen LogP contribution is -2.32. The highest BCUT2D eigenvalue weighted by molar-refractivity contribution is 6.41. The quantitative estimate of drug-likeness (QED) is 0.641. The number of urea groups is 1. The molecule has 3 N–H and O–H groups in total. The Labute approximate surface area is 82.7 Å². The zero-order valence-electron chi connectivity index (χ0n) is 8.25. The van der Waals surface area contributed by atoms with Gasteiger partial charge in [0.25, 0.3) is 0 Å². The van der Waals surface area contributed by atoms with Gasteiger partial charge in [0.1, 0.15) is 5.71 Å². The first kappa shape index (κ1) is 10.7. The zero-order chi connectivity index (χ0) is 10.6. The van der Waals surface area contributed by atoms with Crippen molar-refractivity contribution in [3.63, 3.8) is 0 Å². The van der Waals surface area contributed by atoms with E-state index in [-0.39, 0.29) is 11.7 Å². The van der Waals surface area contributed by atoms with Gasteiger partial charge in [0.15, 0.2) is 5.78 Å². The number of primary amides is 1. The van der Waals surface area contributed by atoms with E-state index < -0.39 is 6.03 Å². The van der Waals surface area contributed by atoms with Crippen molar-refractivity contribution in [3.05, 3.63) is 0 Å². The van der Waals surface area contributed by atoms with E-state index in [4.69, 9.17) is 5.73 Å².